The first-order chi connectivity index (χ1) is 13.1. The van der Waals surface area contributed by atoms with E-state index in [1.54, 1.807) is 6.21 Å². The topological polar surface area (TPSA) is 54.4 Å². The number of hydrazone groups is 1. The Hall–Kier alpha value is -3.01. The molecule has 27 heavy (non-hydrogen) atoms. The summed E-state index contributed by atoms with van der Waals surface area (Å²) in [4.78, 5) is 17.4. The van der Waals surface area contributed by atoms with Crippen molar-refractivity contribution >= 4 is 23.0 Å². The molecule has 0 saturated heterocycles. The lowest BCUT2D eigenvalue weighted by Gasteiger charge is -2.08. The number of hydrogen-bond acceptors (Lipinski definition) is 3. The van der Waals surface area contributed by atoms with Crippen molar-refractivity contribution < 1.29 is 4.79 Å². The first-order valence-electron chi connectivity index (χ1n) is 9.45. The Morgan fingerprint density at radius 2 is 1.89 bits per heavy atom. The second-order valence-corrected chi connectivity index (χ2v) is 7.41. The summed E-state index contributed by atoms with van der Waals surface area (Å²) in [5, 5.41) is 5.00. The molecule has 0 radical (unpaired) electrons. The number of fused-ring (bicyclic) bond motifs is 1. The van der Waals surface area contributed by atoms with Crippen LogP contribution in [-0.2, 0) is 0 Å². The summed E-state index contributed by atoms with van der Waals surface area (Å²) in [6, 6.07) is 17.9. The van der Waals surface area contributed by atoms with Crippen LogP contribution in [-0.4, -0.2) is 17.1 Å². The third kappa shape index (κ3) is 3.90. The molecule has 1 aliphatic carbocycles. The van der Waals surface area contributed by atoms with Crippen LogP contribution in [0.3, 0.4) is 0 Å². The molecule has 0 aliphatic heterocycles. The van der Waals surface area contributed by atoms with Gasteiger partial charge in [-0.2, -0.15) is 5.10 Å². The SMILES string of the molecule is CC(C)c1ccc(/C=N\NC(=O)c2cc(C3CC3)nc3ccccc23)cc1. The van der Waals surface area contributed by atoms with Gasteiger partial charge in [-0.05, 0) is 42.0 Å². The second-order valence-electron chi connectivity index (χ2n) is 7.41. The first kappa shape index (κ1) is 17.4. The molecular formula is C23H23N3O. The van der Waals surface area contributed by atoms with E-state index in [1.807, 2.05) is 42.5 Å². The van der Waals surface area contributed by atoms with Gasteiger partial charge in [0, 0.05) is 17.0 Å². The Bertz CT molecular complexity index is 1000. The molecule has 136 valence electrons. The van der Waals surface area contributed by atoms with E-state index in [0.29, 0.717) is 17.4 Å². The van der Waals surface area contributed by atoms with E-state index in [-0.39, 0.29) is 5.91 Å². The molecule has 1 saturated carbocycles. The molecule has 1 aliphatic rings. The summed E-state index contributed by atoms with van der Waals surface area (Å²) in [5.41, 5.74) is 7.41. The maximum Gasteiger partial charge on any atom is 0.272 e. The second kappa shape index (κ2) is 7.31. The van der Waals surface area contributed by atoms with Gasteiger partial charge < -0.3 is 0 Å². The van der Waals surface area contributed by atoms with Crippen LogP contribution in [0.15, 0.2) is 59.7 Å². The average molecular weight is 357 g/mol. The molecule has 0 spiro atoms. The van der Waals surface area contributed by atoms with Gasteiger partial charge in [-0.3, -0.25) is 9.78 Å². The Balaban J connectivity index is 1.54. The molecule has 1 N–H and O–H groups in total. The molecule has 1 amide bonds. The zero-order valence-electron chi connectivity index (χ0n) is 15.6. The minimum atomic E-state index is -0.203. The van der Waals surface area contributed by atoms with E-state index in [9.17, 15) is 4.79 Å². The maximum atomic E-state index is 12.7. The van der Waals surface area contributed by atoms with Crippen LogP contribution in [0.4, 0.5) is 0 Å². The number of nitrogens with zero attached hydrogens (tertiary/aromatic N) is 2. The molecule has 1 heterocycles. The molecule has 0 atom stereocenters. The van der Waals surface area contributed by atoms with Gasteiger partial charge in [-0.1, -0.05) is 56.3 Å². The van der Waals surface area contributed by atoms with E-state index >= 15 is 0 Å². The molecular weight excluding hydrogens is 334 g/mol. The zero-order chi connectivity index (χ0) is 18.8. The third-order valence-electron chi connectivity index (χ3n) is 4.96. The number of pyridine rings is 1. The first-order valence-corrected chi connectivity index (χ1v) is 9.45. The van der Waals surface area contributed by atoms with E-state index in [1.165, 1.54) is 5.56 Å². The molecule has 0 unspecified atom stereocenters. The van der Waals surface area contributed by atoms with Gasteiger partial charge in [0.25, 0.3) is 5.91 Å². The molecule has 4 nitrogen and oxygen atoms in total. The van der Waals surface area contributed by atoms with Crippen molar-refractivity contribution in [3.05, 3.63) is 77.0 Å². The lowest BCUT2D eigenvalue weighted by molar-refractivity contribution is 0.0956. The fourth-order valence-electron chi connectivity index (χ4n) is 3.16. The summed E-state index contributed by atoms with van der Waals surface area (Å²) in [5.74, 6) is 0.783. The normalized spacial score (nSPS) is 14.2. The standard InChI is InChI=1S/C23H23N3O/c1-15(2)17-9-7-16(8-10-17)14-24-26-23(27)20-13-22(18-11-12-18)25-21-6-4-3-5-19(20)21/h3-10,13-15,18H,11-12H2,1-2H3,(H,26,27)/b24-14-. The van der Waals surface area contributed by atoms with Gasteiger partial charge in [-0.25, -0.2) is 5.43 Å². The number of aromatic nitrogens is 1. The number of benzene rings is 2. The number of carbonyl (C=O) groups is 1. The number of hydrogen-bond donors (Lipinski definition) is 1. The molecule has 1 aromatic heterocycles. The maximum absolute atomic E-state index is 12.7. The predicted octanol–water partition coefficient (Wildman–Crippen LogP) is 5.00. The van der Waals surface area contributed by atoms with Crippen LogP contribution < -0.4 is 5.43 Å². The van der Waals surface area contributed by atoms with Gasteiger partial charge >= 0.3 is 0 Å². The largest absolute Gasteiger partial charge is 0.272 e. The number of rotatable bonds is 5. The number of para-hydroxylation sites is 1. The predicted molar refractivity (Wildman–Crippen MR) is 109 cm³/mol. The van der Waals surface area contributed by atoms with Gasteiger partial charge in [0.2, 0.25) is 0 Å². The zero-order valence-corrected chi connectivity index (χ0v) is 15.6. The smallest absolute Gasteiger partial charge is 0.267 e. The van der Waals surface area contributed by atoms with Gasteiger partial charge in [0.1, 0.15) is 0 Å². The molecule has 2 aromatic carbocycles. The summed E-state index contributed by atoms with van der Waals surface area (Å²) in [6.07, 6.45) is 3.97. The highest BCUT2D eigenvalue weighted by atomic mass is 16.2. The van der Waals surface area contributed by atoms with Crippen LogP contribution in [0.2, 0.25) is 0 Å². The molecule has 0 bridgehead atoms. The van der Waals surface area contributed by atoms with Crippen molar-refractivity contribution in [2.24, 2.45) is 5.10 Å². The van der Waals surface area contributed by atoms with Crippen molar-refractivity contribution in [2.75, 3.05) is 0 Å². The van der Waals surface area contributed by atoms with Crippen LogP contribution in [0.1, 0.15) is 65.7 Å². The van der Waals surface area contributed by atoms with Gasteiger partial charge in [0.05, 0.1) is 17.3 Å². The lowest BCUT2D eigenvalue weighted by Crippen LogP contribution is -2.18. The van der Waals surface area contributed by atoms with Crippen molar-refractivity contribution in [1.82, 2.24) is 10.4 Å². The van der Waals surface area contributed by atoms with Gasteiger partial charge in [0.15, 0.2) is 0 Å². The average Bonchev–Trinajstić information content (AvgIpc) is 3.52. The molecule has 4 heteroatoms. The molecule has 4 rings (SSSR count). The molecule has 3 aromatic rings. The number of carbonyl (C=O) groups excluding carboxylic acids is 1. The Morgan fingerprint density at radius 3 is 2.59 bits per heavy atom. The van der Waals surface area contributed by atoms with Crippen LogP contribution >= 0.6 is 0 Å². The highest BCUT2D eigenvalue weighted by Gasteiger charge is 2.26. The van der Waals surface area contributed by atoms with E-state index < -0.39 is 0 Å². The fourth-order valence-corrected chi connectivity index (χ4v) is 3.16. The Kier molecular flexibility index (Phi) is 4.71. The fraction of sp³-hybridized carbons (Fsp3) is 0.261. The van der Waals surface area contributed by atoms with Crippen LogP contribution in [0, 0.1) is 0 Å². The Morgan fingerprint density at radius 1 is 1.15 bits per heavy atom. The van der Waals surface area contributed by atoms with E-state index in [4.69, 9.17) is 4.98 Å². The minimum Gasteiger partial charge on any atom is -0.267 e. The van der Waals surface area contributed by atoms with Crippen molar-refractivity contribution in [3.63, 3.8) is 0 Å². The van der Waals surface area contributed by atoms with E-state index in [0.717, 1.165) is 35.0 Å². The number of nitrogens with one attached hydrogen (secondary N) is 1. The third-order valence-corrected chi connectivity index (χ3v) is 4.96. The minimum absolute atomic E-state index is 0.203. The van der Waals surface area contributed by atoms with Gasteiger partial charge in [-0.15, -0.1) is 0 Å². The van der Waals surface area contributed by atoms with Crippen molar-refractivity contribution in [2.45, 2.75) is 38.5 Å². The van der Waals surface area contributed by atoms with E-state index in [2.05, 4.69) is 36.5 Å². The monoisotopic (exact) mass is 357 g/mol. The van der Waals surface area contributed by atoms with Crippen LogP contribution in [0.5, 0.6) is 0 Å². The molecule has 1 fully saturated rings. The highest BCUT2D eigenvalue weighted by molar-refractivity contribution is 6.06. The number of amides is 1. The summed E-state index contributed by atoms with van der Waals surface area (Å²) >= 11 is 0. The van der Waals surface area contributed by atoms with Crippen molar-refractivity contribution in [1.29, 1.82) is 0 Å². The van der Waals surface area contributed by atoms with Crippen molar-refractivity contribution in [3.8, 4) is 0 Å². The quantitative estimate of drug-likeness (QED) is 0.516. The summed E-state index contributed by atoms with van der Waals surface area (Å²) in [7, 11) is 0. The van der Waals surface area contributed by atoms with Crippen LogP contribution in [0.25, 0.3) is 10.9 Å². The summed E-state index contributed by atoms with van der Waals surface area (Å²) in [6.45, 7) is 4.33. The highest BCUT2D eigenvalue weighted by Crippen LogP contribution is 2.40. The summed E-state index contributed by atoms with van der Waals surface area (Å²) < 4.78 is 0. The Labute approximate surface area is 159 Å². The lowest BCUT2D eigenvalue weighted by atomic mass is 10.0.